The lowest BCUT2D eigenvalue weighted by atomic mass is 10.1. The first kappa shape index (κ1) is 10.6. The van der Waals surface area contributed by atoms with Gasteiger partial charge in [-0.3, -0.25) is 14.6 Å². The van der Waals surface area contributed by atoms with Gasteiger partial charge in [-0.05, 0) is 12.1 Å². The molecule has 2 aromatic rings. The maximum Gasteiger partial charge on any atom is 0.271 e. The molecule has 1 aromatic carbocycles. The molecule has 4 nitrogen and oxygen atoms in total. The third-order valence-electron chi connectivity index (χ3n) is 2.49. The van der Waals surface area contributed by atoms with E-state index in [4.69, 9.17) is 5.73 Å². The molecule has 0 aliphatic heterocycles. The molecule has 0 saturated carbocycles. The summed E-state index contributed by atoms with van der Waals surface area (Å²) in [6, 6.07) is 6.27. The van der Waals surface area contributed by atoms with Gasteiger partial charge in [0.2, 0.25) is 0 Å². The van der Waals surface area contributed by atoms with Gasteiger partial charge in [0.05, 0.1) is 11.3 Å². The minimum absolute atomic E-state index is 0.0832. The molecule has 0 saturated heterocycles. The van der Waals surface area contributed by atoms with Crippen LogP contribution in [0.15, 0.2) is 29.1 Å². The standard InChI is InChI=1S/C11H12FN3O/c1-15-11(16)8(6-13)10(14-15)7-4-2-3-5-9(7)12/h2-5,14H,6,13H2,1H3. The lowest BCUT2D eigenvalue weighted by Gasteiger charge is -2.01. The molecule has 0 amide bonds. The summed E-state index contributed by atoms with van der Waals surface area (Å²) in [5.74, 6) is -0.376. The highest BCUT2D eigenvalue weighted by Crippen LogP contribution is 2.22. The Kier molecular flexibility index (Phi) is 2.62. The number of benzene rings is 1. The second kappa shape index (κ2) is 3.94. The highest BCUT2D eigenvalue weighted by atomic mass is 19.1. The first-order valence-electron chi connectivity index (χ1n) is 4.88. The van der Waals surface area contributed by atoms with E-state index in [0.717, 1.165) is 0 Å². The zero-order valence-corrected chi connectivity index (χ0v) is 8.83. The number of aryl methyl sites for hydroxylation is 1. The minimum Gasteiger partial charge on any atom is -0.326 e. The van der Waals surface area contributed by atoms with Crippen LogP contribution in [0.25, 0.3) is 11.3 Å². The summed E-state index contributed by atoms with van der Waals surface area (Å²) in [6.07, 6.45) is 0. The Morgan fingerprint density at radius 2 is 2.12 bits per heavy atom. The van der Waals surface area contributed by atoms with Crippen LogP contribution in [0.5, 0.6) is 0 Å². The molecule has 0 aliphatic carbocycles. The highest BCUT2D eigenvalue weighted by molar-refractivity contribution is 5.63. The second-order valence-electron chi connectivity index (χ2n) is 3.51. The van der Waals surface area contributed by atoms with Crippen molar-refractivity contribution >= 4 is 0 Å². The van der Waals surface area contributed by atoms with Crippen LogP contribution in [0.1, 0.15) is 5.56 Å². The Balaban J connectivity index is 2.70. The van der Waals surface area contributed by atoms with E-state index in [1.807, 2.05) is 0 Å². The van der Waals surface area contributed by atoms with Gasteiger partial charge in [0, 0.05) is 19.2 Å². The molecule has 5 heteroatoms. The van der Waals surface area contributed by atoms with Gasteiger partial charge in [-0.15, -0.1) is 0 Å². The van der Waals surface area contributed by atoms with Gasteiger partial charge in [-0.2, -0.15) is 0 Å². The highest BCUT2D eigenvalue weighted by Gasteiger charge is 2.15. The van der Waals surface area contributed by atoms with Crippen molar-refractivity contribution in [2.24, 2.45) is 12.8 Å². The van der Waals surface area contributed by atoms with Gasteiger partial charge >= 0.3 is 0 Å². The van der Waals surface area contributed by atoms with E-state index in [0.29, 0.717) is 16.8 Å². The zero-order chi connectivity index (χ0) is 11.7. The second-order valence-corrected chi connectivity index (χ2v) is 3.51. The molecule has 1 aromatic heterocycles. The number of nitrogens with one attached hydrogen (secondary N) is 1. The summed E-state index contributed by atoms with van der Waals surface area (Å²) < 4.78 is 14.9. The molecular formula is C11H12FN3O. The molecule has 3 N–H and O–H groups in total. The first-order valence-corrected chi connectivity index (χ1v) is 4.88. The Bertz CT molecular complexity index is 571. The van der Waals surface area contributed by atoms with E-state index >= 15 is 0 Å². The molecule has 84 valence electrons. The van der Waals surface area contributed by atoms with E-state index in [1.54, 1.807) is 25.2 Å². The number of aromatic nitrogens is 2. The van der Waals surface area contributed by atoms with E-state index in [2.05, 4.69) is 5.10 Å². The van der Waals surface area contributed by atoms with Gasteiger partial charge in [-0.25, -0.2) is 4.39 Å². The number of rotatable bonds is 2. The van der Waals surface area contributed by atoms with Crippen molar-refractivity contribution in [3.63, 3.8) is 0 Å². The molecule has 0 unspecified atom stereocenters. The molecule has 0 aliphatic rings. The van der Waals surface area contributed by atoms with Crippen LogP contribution in [-0.4, -0.2) is 9.78 Å². The van der Waals surface area contributed by atoms with Crippen molar-refractivity contribution in [1.29, 1.82) is 0 Å². The number of nitrogens with zero attached hydrogens (tertiary/aromatic N) is 1. The Morgan fingerprint density at radius 1 is 1.44 bits per heavy atom. The molecule has 0 fully saturated rings. The third-order valence-corrected chi connectivity index (χ3v) is 2.49. The number of hydrogen-bond acceptors (Lipinski definition) is 2. The summed E-state index contributed by atoms with van der Waals surface area (Å²) in [5.41, 5.74) is 6.48. The molecule has 2 rings (SSSR count). The van der Waals surface area contributed by atoms with Gasteiger partial charge in [0.1, 0.15) is 5.82 Å². The van der Waals surface area contributed by atoms with Crippen LogP contribution < -0.4 is 11.3 Å². The van der Waals surface area contributed by atoms with Gasteiger partial charge in [0.25, 0.3) is 5.56 Å². The van der Waals surface area contributed by atoms with Gasteiger partial charge in [0.15, 0.2) is 0 Å². The van der Waals surface area contributed by atoms with Crippen LogP contribution in [-0.2, 0) is 13.6 Å². The summed E-state index contributed by atoms with van der Waals surface area (Å²) in [6.45, 7) is 0.0832. The summed E-state index contributed by atoms with van der Waals surface area (Å²) in [7, 11) is 1.58. The summed E-state index contributed by atoms with van der Waals surface area (Å²) in [4.78, 5) is 11.6. The van der Waals surface area contributed by atoms with E-state index in [1.165, 1.54) is 10.7 Å². The smallest absolute Gasteiger partial charge is 0.271 e. The molecule has 0 bridgehead atoms. The SMILES string of the molecule is Cn1[nH]c(-c2ccccc2F)c(CN)c1=O. The first-order chi connectivity index (χ1) is 7.65. The maximum atomic E-state index is 13.6. The Hall–Kier alpha value is -1.88. The molecule has 0 radical (unpaired) electrons. The lowest BCUT2D eigenvalue weighted by molar-refractivity contribution is 0.629. The average Bonchev–Trinajstić information content (AvgIpc) is 2.56. The number of hydrogen-bond donors (Lipinski definition) is 2. The van der Waals surface area contributed by atoms with Crippen molar-refractivity contribution in [1.82, 2.24) is 9.78 Å². The maximum absolute atomic E-state index is 13.6. The predicted molar refractivity (Wildman–Crippen MR) is 59.3 cm³/mol. The number of aromatic amines is 1. The molecule has 0 spiro atoms. The van der Waals surface area contributed by atoms with Crippen LogP contribution >= 0.6 is 0 Å². The van der Waals surface area contributed by atoms with Gasteiger partial charge < -0.3 is 5.73 Å². The fourth-order valence-corrected chi connectivity index (χ4v) is 1.67. The van der Waals surface area contributed by atoms with Crippen LogP contribution in [0, 0.1) is 5.82 Å². The third kappa shape index (κ3) is 1.55. The summed E-state index contributed by atoms with van der Waals surface area (Å²) >= 11 is 0. The number of nitrogens with two attached hydrogens (primary N) is 1. The fourth-order valence-electron chi connectivity index (χ4n) is 1.67. The van der Waals surface area contributed by atoms with Crippen molar-refractivity contribution in [2.45, 2.75) is 6.54 Å². The van der Waals surface area contributed by atoms with Crippen molar-refractivity contribution in [2.75, 3.05) is 0 Å². The number of halogens is 1. The van der Waals surface area contributed by atoms with E-state index < -0.39 is 0 Å². The monoisotopic (exact) mass is 221 g/mol. The van der Waals surface area contributed by atoms with E-state index in [-0.39, 0.29) is 17.9 Å². The molecular weight excluding hydrogens is 209 g/mol. The zero-order valence-electron chi connectivity index (χ0n) is 8.83. The molecule has 16 heavy (non-hydrogen) atoms. The van der Waals surface area contributed by atoms with E-state index in [9.17, 15) is 9.18 Å². The minimum atomic E-state index is -0.376. The molecule has 1 heterocycles. The Labute approximate surface area is 91.5 Å². The van der Waals surface area contributed by atoms with Crippen molar-refractivity contribution in [3.05, 3.63) is 46.0 Å². The lowest BCUT2D eigenvalue weighted by Crippen LogP contribution is -2.17. The topological polar surface area (TPSA) is 63.8 Å². The molecule has 0 atom stereocenters. The average molecular weight is 221 g/mol. The van der Waals surface area contributed by atoms with Gasteiger partial charge in [-0.1, -0.05) is 12.1 Å². The van der Waals surface area contributed by atoms with Crippen molar-refractivity contribution in [3.8, 4) is 11.3 Å². The van der Waals surface area contributed by atoms with Crippen LogP contribution in [0.4, 0.5) is 4.39 Å². The number of H-pyrrole nitrogens is 1. The van der Waals surface area contributed by atoms with Crippen LogP contribution in [0.3, 0.4) is 0 Å². The summed E-state index contributed by atoms with van der Waals surface area (Å²) in [5, 5.41) is 2.81. The van der Waals surface area contributed by atoms with Crippen LogP contribution in [0.2, 0.25) is 0 Å². The predicted octanol–water partition coefficient (Wildman–Crippen LogP) is 0.978. The largest absolute Gasteiger partial charge is 0.326 e. The normalized spacial score (nSPS) is 10.7. The fraction of sp³-hybridized carbons (Fsp3) is 0.182. The quantitative estimate of drug-likeness (QED) is 0.794. The van der Waals surface area contributed by atoms with Crippen molar-refractivity contribution < 1.29 is 4.39 Å². The Morgan fingerprint density at radius 3 is 2.75 bits per heavy atom.